The molecule has 1 saturated carbocycles. The number of hydrogen-bond acceptors (Lipinski definition) is 5. The molecule has 1 fully saturated rings. The van der Waals surface area contributed by atoms with Crippen LogP contribution in [-0.4, -0.2) is 55.5 Å². The Morgan fingerprint density at radius 1 is 1.03 bits per heavy atom. The quantitative estimate of drug-likeness (QED) is 0.447. The molecule has 186 valence electrons. The number of fused-ring (bicyclic) bond motifs is 3. The fourth-order valence-corrected chi connectivity index (χ4v) is 5.21. The van der Waals surface area contributed by atoms with E-state index < -0.39 is 24.0 Å². The highest BCUT2D eigenvalue weighted by molar-refractivity contribution is 5.86. The van der Waals surface area contributed by atoms with Crippen molar-refractivity contribution in [2.24, 2.45) is 5.92 Å². The second-order valence-corrected chi connectivity index (χ2v) is 9.15. The number of rotatable bonds is 10. The minimum Gasteiger partial charge on any atom is -0.480 e. The molecule has 0 heterocycles. The molecule has 0 saturated heterocycles. The number of methoxy groups -OCH3 is 1. The van der Waals surface area contributed by atoms with Gasteiger partial charge in [0.05, 0.1) is 5.92 Å². The number of benzene rings is 2. The van der Waals surface area contributed by atoms with Crippen LogP contribution >= 0.6 is 0 Å². The highest BCUT2D eigenvalue weighted by atomic mass is 16.5. The monoisotopic (exact) mass is 480 g/mol. The van der Waals surface area contributed by atoms with Crippen LogP contribution in [0.1, 0.15) is 49.1 Å². The van der Waals surface area contributed by atoms with Gasteiger partial charge in [0.25, 0.3) is 0 Å². The topological polar surface area (TPSA) is 114 Å². The van der Waals surface area contributed by atoms with Gasteiger partial charge < -0.3 is 25.2 Å². The standard InChI is InChI=1S/C27H32N2O6/c1-34-15-7-14-24(26(31)32)28-25(30)21-12-6-13-23(21)29-27(33)35-16-22-19-10-4-2-8-17(19)18-9-3-5-11-20(18)22/h2-5,8-11,21-24H,6-7,12-16H2,1H3,(H,28,30)(H,29,33)(H,31,32)/t21-,23+,24?/m0/s1. The first-order valence-corrected chi connectivity index (χ1v) is 12.1. The molecule has 2 aromatic rings. The molecule has 3 atom stereocenters. The zero-order valence-corrected chi connectivity index (χ0v) is 19.9. The number of hydrogen-bond donors (Lipinski definition) is 3. The summed E-state index contributed by atoms with van der Waals surface area (Å²) in [5, 5.41) is 14.9. The van der Waals surface area contributed by atoms with Crippen LogP contribution in [0, 0.1) is 5.92 Å². The summed E-state index contributed by atoms with van der Waals surface area (Å²) >= 11 is 0. The third kappa shape index (κ3) is 5.65. The Hall–Kier alpha value is -3.39. The minimum atomic E-state index is -1.08. The first-order chi connectivity index (χ1) is 17.0. The third-order valence-electron chi connectivity index (χ3n) is 6.96. The predicted molar refractivity (Wildman–Crippen MR) is 130 cm³/mol. The molecule has 2 aliphatic rings. The van der Waals surface area contributed by atoms with Crippen LogP contribution in [0.2, 0.25) is 0 Å². The van der Waals surface area contributed by atoms with Gasteiger partial charge in [0.15, 0.2) is 0 Å². The van der Waals surface area contributed by atoms with E-state index in [-0.39, 0.29) is 30.9 Å². The van der Waals surface area contributed by atoms with Crippen molar-refractivity contribution < 1.29 is 29.0 Å². The Balaban J connectivity index is 1.33. The van der Waals surface area contributed by atoms with Gasteiger partial charge in [-0.15, -0.1) is 0 Å². The van der Waals surface area contributed by atoms with Crippen molar-refractivity contribution in [3.8, 4) is 11.1 Å². The van der Waals surface area contributed by atoms with Crippen molar-refractivity contribution in [3.63, 3.8) is 0 Å². The second kappa shape index (κ2) is 11.4. The Morgan fingerprint density at radius 3 is 2.31 bits per heavy atom. The van der Waals surface area contributed by atoms with Crippen LogP contribution in [0.25, 0.3) is 11.1 Å². The molecular formula is C27H32N2O6. The lowest BCUT2D eigenvalue weighted by atomic mass is 9.98. The van der Waals surface area contributed by atoms with Crippen LogP contribution < -0.4 is 10.6 Å². The Labute approximate surface area is 205 Å². The largest absolute Gasteiger partial charge is 0.480 e. The van der Waals surface area contributed by atoms with Gasteiger partial charge in [-0.2, -0.15) is 0 Å². The van der Waals surface area contributed by atoms with E-state index in [1.807, 2.05) is 24.3 Å². The molecule has 0 radical (unpaired) electrons. The normalized spacial score (nSPS) is 19.5. The number of carbonyl (C=O) groups is 3. The summed E-state index contributed by atoms with van der Waals surface area (Å²) < 4.78 is 10.6. The van der Waals surface area contributed by atoms with Crippen LogP contribution in [0.15, 0.2) is 48.5 Å². The molecule has 2 aliphatic carbocycles. The number of aliphatic carboxylic acids is 1. The molecule has 0 aliphatic heterocycles. The van der Waals surface area contributed by atoms with E-state index in [4.69, 9.17) is 9.47 Å². The number of nitrogens with one attached hydrogen (secondary N) is 2. The molecular weight excluding hydrogens is 448 g/mol. The average molecular weight is 481 g/mol. The van der Waals surface area contributed by atoms with E-state index in [0.717, 1.165) is 28.7 Å². The molecule has 8 nitrogen and oxygen atoms in total. The number of carboxylic acids is 1. The van der Waals surface area contributed by atoms with Crippen LogP contribution in [0.5, 0.6) is 0 Å². The van der Waals surface area contributed by atoms with Gasteiger partial charge in [-0.3, -0.25) is 4.79 Å². The summed E-state index contributed by atoms with van der Waals surface area (Å²) in [7, 11) is 1.55. The van der Waals surface area contributed by atoms with Crippen molar-refractivity contribution in [3.05, 3.63) is 59.7 Å². The lowest BCUT2D eigenvalue weighted by molar-refractivity contribution is -0.142. The molecule has 0 aromatic heterocycles. The Kier molecular flexibility index (Phi) is 8.02. The number of carboxylic acid groups (broad SMARTS) is 1. The average Bonchev–Trinajstić information content (AvgIpc) is 3.44. The number of amides is 2. The van der Waals surface area contributed by atoms with Crippen molar-refractivity contribution in [2.75, 3.05) is 20.3 Å². The number of alkyl carbamates (subject to hydrolysis) is 1. The maximum atomic E-state index is 12.8. The fraction of sp³-hybridized carbons (Fsp3) is 0.444. The molecule has 35 heavy (non-hydrogen) atoms. The third-order valence-corrected chi connectivity index (χ3v) is 6.96. The van der Waals surface area contributed by atoms with Gasteiger partial charge in [-0.05, 0) is 47.9 Å². The summed E-state index contributed by atoms with van der Waals surface area (Å²) in [6, 6.07) is 14.9. The first-order valence-electron chi connectivity index (χ1n) is 12.1. The zero-order chi connectivity index (χ0) is 24.8. The Morgan fingerprint density at radius 2 is 1.69 bits per heavy atom. The highest BCUT2D eigenvalue weighted by Crippen LogP contribution is 2.44. The van der Waals surface area contributed by atoms with Crippen LogP contribution in [-0.2, 0) is 19.1 Å². The lowest BCUT2D eigenvalue weighted by Gasteiger charge is -2.23. The smallest absolute Gasteiger partial charge is 0.407 e. The molecule has 1 unspecified atom stereocenters. The summed E-state index contributed by atoms with van der Waals surface area (Å²) in [6.07, 6.45) is 2.25. The zero-order valence-electron chi connectivity index (χ0n) is 19.9. The van der Waals surface area contributed by atoms with Crippen molar-refractivity contribution >= 4 is 18.0 Å². The van der Waals surface area contributed by atoms with Gasteiger partial charge in [-0.25, -0.2) is 9.59 Å². The van der Waals surface area contributed by atoms with Crippen molar-refractivity contribution in [2.45, 2.75) is 50.1 Å². The maximum Gasteiger partial charge on any atom is 0.407 e. The van der Waals surface area contributed by atoms with Crippen molar-refractivity contribution in [1.82, 2.24) is 10.6 Å². The summed E-state index contributed by atoms with van der Waals surface area (Å²) in [4.78, 5) is 37.1. The molecule has 8 heteroatoms. The van der Waals surface area contributed by atoms with E-state index in [1.54, 1.807) is 7.11 Å². The van der Waals surface area contributed by atoms with Gasteiger partial charge in [-0.1, -0.05) is 55.0 Å². The first kappa shape index (κ1) is 24.7. The van der Waals surface area contributed by atoms with E-state index >= 15 is 0 Å². The SMILES string of the molecule is COCCCC(NC(=O)[C@H]1CCC[C@H]1NC(=O)OCC1c2ccccc2-c2ccccc21)C(=O)O. The van der Waals surface area contributed by atoms with Gasteiger partial charge in [0.2, 0.25) is 5.91 Å². The molecule has 0 spiro atoms. The van der Waals surface area contributed by atoms with E-state index in [9.17, 15) is 19.5 Å². The molecule has 3 N–H and O–H groups in total. The second-order valence-electron chi connectivity index (χ2n) is 9.15. The van der Waals surface area contributed by atoms with E-state index in [2.05, 4.69) is 34.9 Å². The summed E-state index contributed by atoms with van der Waals surface area (Å²) in [5.74, 6) is -1.95. The minimum absolute atomic E-state index is 0.0424. The van der Waals surface area contributed by atoms with Crippen LogP contribution in [0.3, 0.4) is 0 Å². The van der Waals surface area contributed by atoms with Crippen LogP contribution in [0.4, 0.5) is 4.79 Å². The van der Waals surface area contributed by atoms with E-state index in [0.29, 0.717) is 25.9 Å². The van der Waals surface area contributed by atoms with Gasteiger partial charge in [0.1, 0.15) is 12.6 Å². The summed E-state index contributed by atoms with van der Waals surface area (Å²) in [6.45, 7) is 0.624. The molecule has 2 aromatic carbocycles. The van der Waals surface area contributed by atoms with Gasteiger partial charge in [0, 0.05) is 25.7 Å². The van der Waals surface area contributed by atoms with Gasteiger partial charge >= 0.3 is 12.1 Å². The Bertz CT molecular complexity index is 1030. The van der Waals surface area contributed by atoms with Crippen molar-refractivity contribution in [1.29, 1.82) is 0 Å². The predicted octanol–water partition coefficient (Wildman–Crippen LogP) is 3.69. The molecule has 0 bridgehead atoms. The maximum absolute atomic E-state index is 12.8. The summed E-state index contributed by atoms with van der Waals surface area (Å²) in [5.41, 5.74) is 4.58. The highest BCUT2D eigenvalue weighted by Gasteiger charge is 2.36. The van der Waals surface area contributed by atoms with E-state index in [1.165, 1.54) is 0 Å². The molecule has 4 rings (SSSR count). The lowest BCUT2D eigenvalue weighted by Crippen LogP contribution is -2.49. The molecule has 2 amide bonds. The number of ether oxygens (including phenoxy) is 2. The number of carbonyl (C=O) groups excluding carboxylic acids is 2. The fourth-order valence-electron chi connectivity index (χ4n) is 5.21.